The minimum atomic E-state index is 0.504. The largest absolute Gasteiger partial charge is 0.357 e. The molecule has 0 saturated heterocycles. The molecule has 2 N–H and O–H groups in total. The number of aliphatic imine (C=N–C) groups is 1. The predicted molar refractivity (Wildman–Crippen MR) is 77.6 cm³/mol. The highest BCUT2D eigenvalue weighted by atomic mass is 15.2. The lowest BCUT2D eigenvalue weighted by Gasteiger charge is -2.08. The van der Waals surface area contributed by atoms with Gasteiger partial charge in [-0.15, -0.1) is 6.42 Å². The number of rotatable bonds is 6. The van der Waals surface area contributed by atoms with Crippen LogP contribution in [-0.2, 0) is 6.42 Å². The molecule has 0 heterocycles. The molecule has 3 heteroatoms. The molecule has 0 fully saturated rings. The number of benzene rings is 1. The van der Waals surface area contributed by atoms with E-state index in [1.165, 1.54) is 5.56 Å². The zero-order valence-electron chi connectivity index (χ0n) is 10.9. The van der Waals surface area contributed by atoms with E-state index in [-0.39, 0.29) is 0 Å². The lowest BCUT2D eigenvalue weighted by atomic mass is 10.1. The maximum atomic E-state index is 5.21. The maximum absolute atomic E-state index is 5.21. The van der Waals surface area contributed by atoms with Crippen LogP contribution in [0, 0.1) is 12.3 Å². The molecule has 1 aromatic rings. The van der Waals surface area contributed by atoms with Gasteiger partial charge in [-0.25, -0.2) is 0 Å². The van der Waals surface area contributed by atoms with Crippen LogP contribution in [0.4, 0.5) is 0 Å². The van der Waals surface area contributed by atoms with Gasteiger partial charge < -0.3 is 10.6 Å². The Bertz CT molecular complexity index is 390. The van der Waals surface area contributed by atoms with E-state index in [2.05, 4.69) is 45.8 Å². The smallest absolute Gasteiger partial charge is 0.192 e. The molecule has 0 aliphatic heterocycles. The average molecular weight is 243 g/mol. The quantitative estimate of drug-likeness (QED) is 0.346. The third-order valence-electron chi connectivity index (χ3n) is 2.44. The second kappa shape index (κ2) is 9.12. The van der Waals surface area contributed by atoms with E-state index in [0.29, 0.717) is 6.54 Å². The Morgan fingerprint density at radius 1 is 1.28 bits per heavy atom. The summed E-state index contributed by atoms with van der Waals surface area (Å²) in [4.78, 5) is 4.46. The first kappa shape index (κ1) is 14.1. The van der Waals surface area contributed by atoms with E-state index < -0.39 is 0 Å². The number of guanidine groups is 1. The molecule has 0 spiro atoms. The molecule has 0 amide bonds. The molecule has 0 radical (unpaired) electrons. The van der Waals surface area contributed by atoms with Gasteiger partial charge in [-0.3, -0.25) is 4.99 Å². The molecule has 0 aliphatic rings. The Kier molecular flexibility index (Phi) is 7.15. The Hall–Kier alpha value is -1.95. The first-order chi connectivity index (χ1) is 8.86. The van der Waals surface area contributed by atoms with Gasteiger partial charge in [0, 0.05) is 13.1 Å². The molecule has 0 saturated carbocycles. The number of nitrogens with zero attached hydrogens (tertiary/aromatic N) is 1. The van der Waals surface area contributed by atoms with Crippen molar-refractivity contribution in [1.29, 1.82) is 0 Å². The zero-order valence-corrected chi connectivity index (χ0v) is 10.9. The van der Waals surface area contributed by atoms with Crippen molar-refractivity contribution in [3.63, 3.8) is 0 Å². The molecule has 0 aromatic heterocycles. The van der Waals surface area contributed by atoms with E-state index in [4.69, 9.17) is 6.42 Å². The van der Waals surface area contributed by atoms with Gasteiger partial charge in [-0.05, 0) is 25.3 Å². The molecule has 1 rings (SSSR count). The van der Waals surface area contributed by atoms with Crippen molar-refractivity contribution in [2.24, 2.45) is 4.99 Å². The van der Waals surface area contributed by atoms with Crippen molar-refractivity contribution in [3.8, 4) is 12.3 Å². The lowest BCUT2D eigenvalue weighted by Crippen LogP contribution is -2.37. The third kappa shape index (κ3) is 5.95. The lowest BCUT2D eigenvalue weighted by molar-refractivity contribution is 0.804. The summed E-state index contributed by atoms with van der Waals surface area (Å²) < 4.78 is 0. The number of hydrogen-bond donors (Lipinski definition) is 2. The summed E-state index contributed by atoms with van der Waals surface area (Å²) in [6.45, 7) is 4.19. The highest BCUT2D eigenvalue weighted by Gasteiger charge is 1.95. The van der Waals surface area contributed by atoms with E-state index in [9.17, 15) is 0 Å². The molecular formula is C15H21N3. The molecule has 18 heavy (non-hydrogen) atoms. The fourth-order valence-electron chi connectivity index (χ4n) is 1.60. The first-order valence-electron chi connectivity index (χ1n) is 6.36. The Morgan fingerprint density at radius 2 is 2.06 bits per heavy atom. The summed E-state index contributed by atoms with van der Waals surface area (Å²) in [5, 5.41) is 6.23. The van der Waals surface area contributed by atoms with Gasteiger partial charge in [0.25, 0.3) is 0 Å². The van der Waals surface area contributed by atoms with Gasteiger partial charge in [-0.1, -0.05) is 36.3 Å². The van der Waals surface area contributed by atoms with Crippen molar-refractivity contribution in [2.45, 2.75) is 19.8 Å². The third-order valence-corrected chi connectivity index (χ3v) is 2.44. The second-order valence-corrected chi connectivity index (χ2v) is 3.91. The van der Waals surface area contributed by atoms with Crippen molar-refractivity contribution < 1.29 is 0 Å². The topological polar surface area (TPSA) is 36.4 Å². The molecule has 3 nitrogen and oxygen atoms in total. The normalized spacial score (nSPS) is 10.8. The van der Waals surface area contributed by atoms with Gasteiger partial charge in [-0.2, -0.15) is 0 Å². The van der Waals surface area contributed by atoms with Crippen LogP contribution in [0.1, 0.15) is 18.9 Å². The van der Waals surface area contributed by atoms with Gasteiger partial charge in [0.2, 0.25) is 0 Å². The summed E-state index contributed by atoms with van der Waals surface area (Å²) in [6.07, 6.45) is 7.30. The fraction of sp³-hybridized carbons (Fsp3) is 0.400. The van der Waals surface area contributed by atoms with Gasteiger partial charge in [0.15, 0.2) is 5.96 Å². The first-order valence-corrected chi connectivity index (χ1v) is 6.36. The van der Waals surface area contributed by atoms with Crippen LogP contribution in [0.5, 0.6) is 0 Å². The van der Waals surface area contributed by atoms with Crippen molar-refractivity contribution in [1.82, 2.24) is 10.6 Å². The van der Waals surface area contributed by atoms with Gasteiger partial charge in [0.1, 0.15) is 0 Å². The van der Waals surface area contributed by atoms with E-state index in [0.717, 1.165) is 31.9 Å². The minimum Gasteiger partial charge on any atom is -0.357 e. The Morgan fingerprint density at radius 3 is 2.72 bits per heavy atom. The van der Waals surface area contributed by atoms with E-state index in [1.54, 1.807) is 0 Å². The van der Waals surface area contributed by atoms with E-state index in [1.807, 2.05) is 13.0 Å². The highest BCUT2D eigenvalue weighted by Crippen LogP contribution is 2.02. The summed E-state index contributed by atoms with van der Waals surface area (Å²) in [6, 6.07) is 10.5. The Labute approximate surface area is 110 Å². The average Bonchev–Trinajstić information content (AvgIpc) is 2.42. The van der Waals surface area contributed by atoms with Crippen LogP contribution in [0.2, 0.25) is 0 Å². The fourth-order valence-corrected chi connectivity index (χ4v) is 1.60. The summed E-state index contributed by atoms with van der Waals surface area (Å²) >= 11 is 0. The Balaban J connectivity index is 2.30. The number of aryl methyl sites for hydroxylation is 1. The molecule has 0 aliphatic carbocycles. The maximum Gasteiger partial charge on any atom is 0.192 e. The number of hydrogen-bond acceptors (Lipinski definition) is 1. The SMILES string of the molecule is C#CCNC(=NCCCc1ccccc1)NCC. The van der Waals surface area contributed by atoms with Crippen molar-refractivity contribution in [3.05, 3.63) is 35.9 Å². The highest BCUT2D eigenvalue weighted by molar-refractivity contribution is 5.79. The van der Waals surface area contributed by atoms with E-state index >= 15 is 0 Å². The number of terminal acetylenes is 1. The summed E-state index contributed by atoms with van der Waals surface area (Å²) in [7, 11) is 0. The van der Waals surface area contributed by atoms with Crippen LogP contribution >= 0.6 is 0 Å². The van der Waals surface area contributed by atoms with Crippen molar-refractivity contribution >= 4 is 5.96 Å². The molecule has 0 atom stereocenters. The summed E-state index contributed by atoms with van der Waals surface area (Å²) in [5.41, 5.74) is 1.36. The standard InChI is InChI=1S/C15H21N3/c1-3-12-17-15(16-4-2)18-13-8-11-14-9-6-5-7-10-14/h1,5-7,9-10H,4,8,11-13H2,2H3,(H2,16,17,18). The monoisotopic (exact) mass is 243 g/mol. The molecule has 96 valence electrons. The molecule has 0 bridgehead atoms. The molecular weight excluding hydrogens is 222 g/mol. The second-order valence-electron chi connectivity index (χ2n) is 3.91. The van der Waals surface area contributed by atoms with Crippen molar-refractivity contribution in [2.75, 3.05) is 19.6 Å². The van der Waals surface area contributed by atoms with Crippen LogP contribution < -0.4 is 10.6 Å². The van der Waals surface area contributed by atoms with Gasteiger partial charge >= 0.3 is 0 Å². The molecule has 0 unspecified atom stereocenters. The van der Waals surface area contributed by atoms with Gasteiger partial charge in [0.05, 0.1) is 6.54 Å². The summed E-state index contributed by atoms with van der Waals surface area (Å²) in [5.74, 6) is 3.34. The predicted octanol–water partition coefficient (Wildman–Crippen LogP) is 1.81. The molecule has 1 aromatic carbocycles. The van der Waals surface area contributed by atoms with Crippen LogP contribution in [-0.4, -0.2) is 25.6 Å². The zero-order chi connectivity index (χ0) is 13.1. The van der Waals surface area contributed by atoms with Crippen LogP contribution in [0.25, 0.3) is 0 Å². The van der Waals surface area contributed by atoms with Crippen LogP contribution in [0.3, 0.4) is 0 Å². The van der Waals surface area contributed by atoms with Crippen LogP contribution in [0.15, 0.2) is 35.3 Å². The number of nitrogens with one attached hydrogen (secondary N) is 2. The minimum absolute atomic E-state index is 0.504.